The summed E-state index contributed by atoms with van der Waals surface area (Å²) in [6, 6.07) is 5.54. The highest BCUT2D eigenvalue weighted by molar-refractivity contribution is 7.15. The van der Waals surface area contributed by atoms with Crippen LogP contribution in [0.1, 0.15) is 57.7 Å². The fourth-order valence-electron chi connectivity index (χ4n) is 4.81. The Morgan fingerprint density at radius 1 is 1.25 bits per heavy atom. The van der Waals surface area contributed by atoms with Gasteiger partial charge in [0, 0.05) is 29.8 Å². The molecule has 0 amide bonds. The summed E-state index contributed by atoms with van der Waals surface area (Å²) in [5.74, 6) is 0.449. The van der Waals surface area contributed by atoms with E-state index in [1.54, 1.807) is 18.5 Å². The van der Waals surface area contributed by atoms with Gasteiger partial charge in [-0.15, -0.1) is 11.3 Å². The van der Waals surface area contributed by atoms with Gasteiger partial charge in [-0.1, -0.05) is 13.8 Å². The molecule has 1 aliphatic carbocycles. The molecule has 0 spiro atoms. The lowest BCUT2D eigenvalue weighted by Gasteiger charge is -2.44. The number of aliphatic hydroxyl groups is 1. The number of rotatable bonds is 7. The molecule has 1 saturated carbocycles. The van der Waals surface area contributed by atoms with E-state index in [-0.39, 0.29) is 18.0 Å². The summed E-state index contributed by atoms with van der Waals surface area (Å²) >= 11 is 1.42. The van der Waals surface area contributed by atoms with Gasteiger partial charge >= 0.3 is 5.97 Å². The molecule has 0 bridgehead atoms. The molecule has 4 rings (SSSR count). The highest BCUT2D eigenvalue weighted by Crippen LogP contribution is 2.51. The van der Waals surface area contributed by atoms with Crippen molar-refractivity contribution < 1.29 is 19.4 Å². The summed E-state index contributed by atoms with van der Waals surface area (Å²) in [6.07, 6.45) is 4.82. The van der Waals surface area contributed by atoms with Gasteiger partial charge in [-0.05, 0) is 57.6 Å². The minimum absolute atomic E-state index is 0.0129. The molecule has 36 heavy (non-hydrogen) atoms. The van der Waals surface area contributed by atoms with Crippen molar-refractivity contribution in [1.29, 1.82) is 0 Å². The number of aromatic nitrogens is 4. The van der Waals surface area contributed by atoms with Gasteiger partial charge in [-0.25, -0.2) is 9.97 Å². The van der Waals surface area contributed by atoms with E-state index >= 15 is 0 Å². The number of hydrogen-bond acceptors (Lipinski definition) is 10. The third kappa shape index (κ3) is 5.65. The predicted molar refractivity (Wildman–Crippen MR) is 138 cm³/mol. The van der Waals surface area contributed by atoms with Crippen molar-refractivity contribution in [2.24, 2.45) is 11.3 Å². The highest BCUT2D eigenvalue weighted by Gasteiger charge is 2.49. The van der Waals surface area contributed by atoms with E-state index in [4.69, 9.17) is 9.47 Å². The minimum Gasteiger partial charge on any atom is -0.475 e. The summed E-state index contributed by atoms with van der Waals surface area (Å²) in [4.78, 5) is 31.0. The van der Waals surface area contributed by atoms with Crippen LogP contribution in [0.15, 0.2) is 30.6 Å². The Morgan fingerprint density at radius 3 is 2.72 bits per heavy atom. The number of ether oxygens (including phenoxy) is 2. The zero-order valence-corrected chi connectivity index (χ0v) is 22.3. The number of methoxy groups -OCH3 is 1. The van der Waals surface area contributed by atoms with Crippen molar-refractivity contribution in [3.63, 3.8) is 0 Å². The van der Waals surface area contributed by atoms with Crippen LogP contribution in [-0.4, -0.2) is 44.2 Å². The second-order valence-electron chi connectivity index (χ2n) is 10.2. The quantitative estimate of drug-likeness (QED) is 0.421. The topological polar surface area (TPSA) is 119 Å². The van der Waals surface area contributed by atoms with E-state index in [2.05, 4.69) is 25.3 Å². The Hall–Kier alpha value is -3.11. The van der Waals surface area contributed by atoms with Crippen molar-refractivity contribution in [3.05, 3.63) is 41.3 Å². The average Bonchev–Trinajstić information content (AvgIpc) is 3.29. The van der Waals surface area contributed by atoms with Crippen LogP contribution < -0.4 is 10.1 Å². The van der Waals surface area contributed by atoms with Crippen molar-refractivity contribution in [2.45, 2.75) is 65.6 Å². The third-order valence-electron chi connectivity index (χ3n) is 6.38. The van der Waals surface area contributed by atoms with Gasteiger partial charge in [-0.3, -0.25) is 9.78 Å². The SMILES string of the molecule is COC(=O)[C@H]1CC[C@](O)(c2ncc(-c3cc(Nc4nccc(OC(C)C)n4)cc(C)n3)s2)CC1(C)C. The van der Waals surface area contributed by atoms with Gasteiger partial charge < -0.3 is 19.9 Å². The van der Waals surface area contributed by atoms with Crippen LogP contribution in [0.3, 0.4) is 0 Å². The average molecular weight is 512 g/mol. The van der Waals surface area contributed by atoms with Crippen LogP contribution in [0.5, 0.6) is 5.88 Å². The first-order chi connectivity index (χ1) is 17.0. The Kier molecular flexibility index (Phi) is 7.28. The van der Waals surface area contributed by atoms with Crippen LogP contribution in [0.25, 0.3) is 10.6 Å². The summed E-state index contributed by atoms with van der Waals surface area (Å²) < 4.78 is 10.6. The minimum atomic E-state index is -1.10. The fraction of sp³-hybridized carbons (Fsp3) is 0.500. The molecule has 3 aromatic rings. The molecule has 9 nitrogen and oxygen atoms in total. The number of thiazole rings is 1. The Labute approximate surface area is 215 Å². The first kappa shape index (κ1) is 26.0. The monoisotopic (exact) mass is 511 g/mol. The van der Waals surface area contributed by atoms with E-state index < -0.39 is 11.0 Å². The smallest absolute Gasteiger partial charge is 0.309 e. The molecule has 2 atom stereocenters. The van der Waals surface area contributed by atoms with E-state index in [9.17, 15) is 9.90 Å². The molecule has 1 aliphatic rings. The normalized spacial score (nSPS) is 21.3. The molecule has 0 radical (unpaired) electrons. The Balaban J connectivity index is 1.56. The van der Waals surface area contributed by atoms with E-state index in [0.717, 1.165) is 22.0 Å². The molecule has 3 heterocycles. The van der Waals surface area contributed by atoms with Gasteiger partial charge in [0.05, 0.1) is 29.7 Å². The van der Waals surface area contributed by atoms with Crippen LogP contribution >= 0.6 is 11.3 Å². The summed E-state index contributed by atoms with van der Waals surface area (Å²) in [7, 11) is 1.41. The van der Waals surface area contributed by atoms with E-state index in [1.807, 2.05) is 46.8 Å². The lowest BCUT2D eigenvalue weighted by atomic mass is 9.63. The van der Waals surface area contributed by atoms with E-state index in [0.29, 0.717) is 36.1 Å². The molecular formula is C26H33N5O4S. The number of hydrogen-bond donors (Lipinski definition) is 2. The number of nitrogens with one attached hydrogen (secondary N) is 1. The van der Waals surface area contributed by atoms with Crippen LogP contribution in [0, 0.1) is 18.3 Å². The van der Waals surface area contributed by atoms with Crippen molar-refractivity contribution in [3.8, 4) is 16.5 Å². The molecule has 1 fully saturated rings. The van der Waals surface area contributed by atoms with E-state index in [1.165, 1.54) is 18.4 Å². The number of aryl methyl sites for hydroxylation is 1. The molecule has 0 aliphatic heterocycles. The molecular weight excluding hydrogens is 478 g/mol. The number of pyridine rings is 1. The van der Waals surface area contributed by atoms with Crippen molar-refractivity contribution in [2.75, 3.05) is 12.4 Å². The second kappa shape index (κ2) is 10.1. The van der Waals surface area contributed by atoms with Gasteiger partial charge in [0.15, 0.2) is 0 Å². The molecule has 10 heteroatoms. The lowest BCUT2D eigenvalue weighted by Crippen LogP contribution is -2.45. The number of carbonyl (C=O) groups is 1. The maximum Gasteiger partial charge on any atom is 0.309 e. The predicted octanol–water partition coefficient (Wildman–Crippen LogP) is 5.02. The molecule has 192 valence electrons. The Bertz CT molecular complexity index is 1240. The molecule has 3 aromatic heterocycles. The number of esters is 1. The van der Waals surface area contributed by atoms with Crippen LogP contribution in [0.2, 0.25) is 0 Å². The zero-order chi connectivity index (χ0) is 26.1. The summed E-state index contributed by atoms with van der Waals surface area (Å²) in [5.41, 5.74) is 0.817. The number of carbonyl (C=O) groups excluding carboxylic acids is 1. The third-order valence-corrected chi connectivity index (χ3v) is 7.59. The molecule has 2 N–H and O–H groups in total. The standard InChI is InChI=1S/C26H33N5O4S/c1-15(2)35-21-8-10-27-24(31-21)30-17-11-16(3)29-19(12-17)20-13-28-23(36-20)26(33)9-7-18(22(32)34-6)25(4,5)14-26/h8,10-13,15,18,33H,7,9,14H2,1-6H3,(H,27,29,30,31)/t18-,26-/m1/s1. The van der Waals surface area contributed by atoms with Gasteiger partial charge in [0.25, 0.3) is 0 Å². The van der Waals surface area contributed by atoms with Crippen molar-refractivity contribution >= 4 is 28.9 Å². The first-order valence-corrected chi connectivity index (χ1v) is 12.8. The maximum atomic E-state index is 12.2. The lowest BCUT2D eigenvalue weighted by molar-refractivity contribution is -0.157. The number of anilines is 2. The van der Waals surface area contributed by atoms with Crippen molar-refractivity contribution in [1.82, 2.24) is 19.9 Å². The zero-order valence-electron chi connectivity index (χ0n) is 21.5. The number of nitrogens with zero attached hydrogens (tertiary/aromatic N) is 4. The van der Waals surface area contributed by atoms with Gasteiger partial charge in [0.2, 0.25) is 11.8 Å². The van der Waals surface area contributed by atoms with Crippen LogP contribution in [-0.2, 0) is 15.1 Å². The largest absolute Gasteiger partial charge is 0.475 e. The highest BCUT2D eigenvalue weighted by atomic mass is 32.1. The van der Waals surface area contributed by atoms with Crippen LogP contribution in [0.4, 0.5) is 11.6 Å². The Morgan fingerprint density at radius 2 is 2.03 bits per heavy atom. The first-order valence-electron chi connectivity index (χ1n) is 12.0. The second-order valence-corrected chi connectivity index (χ2v) is 11.3. The maximum absolute atomic E-state index is 12.2. The fourth-order valence-corrected chi connectivity index (χ4v) is 5.81. The van der Waals surface area contributed by atoms with Gasteiger partial charge in [0.1, 0.15) is 10.6 Å². The summed E-state index contributed by atoms with van der Waals surface area (Å²) in [6.45, 7) is 9.80. The molecule has 0 saturated heterocycles. The van der Waals surface area contributed by atoms with Gasteiger partial charge in [-0.2, -0.15) is 4.98 Å². The molecule has 0 aromatic carbocycles. The summed E-state index contributed by atoms with van der Waals surface area (Å²) in [5, 5.41) is 15.4. The molecule has 0 unspecified atom stereocenters.